The van der Waals surface area contributed by atoms with Crippen molar-refractivity contribution < 1.29 is 19.7 Å². The van der Waals surface area contributed by atoms with Crippen LogP contribution < -0.4 is 0 Å². The Bertz CT molecular complexity index is 672. The Morgan fingerprint density at radius 3 is 2.38 bits per heavy atom. The molecule has 0 aliphatic carbocycles. The van der Waals surface area contributed by atoms with Crippen molar-refractivity contribution in [3.63, 3.8) is 0 Å². The minimum Gasteiger partial charge on any atom is -0.504 e. The van der Waals surface area contributed by atoms with Crippen LogP contribution in [0.4, 0.5) is 0 Å². The second-order valence-corrected chi connectivity index (χ2v) is 4.23. The number of hydrogen-bond donors (Lipinski definition) is 2. The molecule has 0 fully saturated rings. The van der Waals surface area contributed by atoms with Gasteiger partial charge in [0.05, 0.1) is 6.26 Å². The van der Waals surface area contributed by atoms with E-state index < -0.39 is 5.97 Å². The van der Waals surface area contributed by atoms with Crippen LogP contribution in [0.25, 0.3) is 12.2 Å². The smallest absolute Gasteiger partial charge is 0.335 e. The summed E-state index contributed by atoms with van der Waals surface area (Å²) in [6, 6.07) is 13.7. The van der Waals surface area contributed by atoms with Gasteiger partial charge in [0, 0.05) is 6.08 Å². The van der Waals surface area contributed by atoms with Gasteiger partial charge >= 0.3 is 5.97 Å². The topological polar surface area (TPSA) is 66.8 Å². The van der Waals surface area contributed by atoms with E-state index in [1.165, 1.54) is 30.5 Å². The molecule has 0 saturated heterocycles. The number of carbonyl (C=O) groups is 1. The van der Waals surface area contributed by atoms with Crippen molar-refractivity contribution in [2.75, 3.05) is 0 Å². The zero-order chi connectivity index (χ0) is 15.1. The highest BCUT2D eigenvalue weighted by Crippen LogP contribution is 2.25. The fraction of sp³-hybridized carbons (Fsp3) is 0. The number of carbonyl (C=O) groups excluding carboxylic acids is 1. The molecule has 0 saturated carbocycles. The van der Waals surface area contributed by atoms with Gasteiger partial charge in [0.2, 0.25) is 0 Å². The minimum absolute atomic E-state index is 0.208. The highest BCUT2D eigenvalue weighted by molar-refractivity contribution is 5.87. The summed E-state index contributed by atoms with van der Waals surface area (Å²) in [5.74, 6) is -0.982. The molecule has 4 heteroatoms. The average molecular weight is 282 g/mol. The Morgan fingerprint density at radius 1 is 0.905 bits per heavy atom. The number of phenols is 2. The minimum atomic E-state index is -0.533. The molecule has 106 valence electrons. The van der Waals surface area contributed by atoms with Crippen molar-refractivity contribution >= 4 is 18.1 Å². The lowest BCUT2D eigenvalue weighted by atomic mass is 10.2. The van der Waals surface area contributed by atoms with Gasteiger partial charge in [-0.1, -0.05) is 36.4 Å². The van der Waals surface area contributed by atoms with Crippen LogP contribution >= 0.6 is 0 Å². The molecule has 0 radical (unpaired) electrons. The fourth-order valence-electron chi connectivity index (χ4n) is 1.59. The number of esters is 1. The predicted molar refractivity (Wildman–Crippen MR) is 80.4 cm³/mol. The number of ether oxygens (including phenoxy) is 1. The monoisotopic (exact) mass is 282 g/mol. The first-order chi connectivity index (χ1) is 10.1. The molecule has 0 atom stereocenters. The van der Waals surface area contributed by atoms with Crippen molar-refractivity contribution in [2.45, 2.75) is 0 Å². The molecule has 2 rings (SSSR count). The van der Waals surface area contributed by atoms with Crippen molar-refractivity contribution in [3.8, 4) is 11.5 Å². The summed E-state index contributed by atoms with van der Waals surface area (Å²) in [5.41, 5.74) is 1.51. The number of rotatable bonds is 4. The maximum Gasteiger partial charge on any atom is 0.335 e. The molecular weight excluding hydrogens is 268 g/mol. The number of hydrogen-bond acceptors (Lipinski definition) is 4. The van der Waals surface area contributed by atoms with Gasteiger partial charge in [-0.15, -0.1) is 0 Å². The summed E-state index contributed by atoms with van der Waals surface area (Å²) in [4.78, 5) is 11.5. The zero-order valence-electron chi connectivity index (χ0n) is 11.1. The summed E-state index contributed by atoms with van der Waals surface area (Å²) < 4.78 is 4.90. The predicted octanol–water partition coefficient (Wildman–Crippen LogP) is 3.33. The third kappa shape index (κ3) is 4.54. The Hall–Kier alpha value is -3.01. The Balaban J connectivity index is 1.91. The van der Waals surface area contributed by atoms with Gasteiger partial charge in [-0.2, -0.15) is 0 Å². The lowest BCUT2D eigenvalue weighted by Crippen LogP contribution is -1.93. The van der Waals surface area contributed by atoms with E-state index >= 15 is 0 Å². The van der Waals surface area contributed by atoms with E-state index in [9.17, 15) is 15.0 Å². The number of phenolic OH excluding ortho intramolecular Hbond substituents is 2. The molecule has 0 amide bonds. The molecule has 0 unspecified atom stereocenters. The van der Waals surface area contributed by atoms with Crippen LogP contribution in [0.1, 0.15) is 11.1 Å². The molecule has 0 aromatic heterocycles. The summed E-state index contributed by atoms with van der Waals surface area (Å²) in [7, 11) is 0. The largest absolute Gasteiger partial charge is 0.504 e. The molecule has 0 aliphatic rings. The SMILES string of the molecule is O=C(C=Cc1ccc(O)c(O)c1)OC=Cc1ccccc1. The van der Waals surface area contributed by atoms with Crippen molar-refractivity contribution in [1.29, 1.82) is 0 Å². The van der Waals surface area contributed by atoms with Gasteiger partial charge in [-0.25, -0.2) is 4.79 Å². The van der Waals surface area contributed by atoms with Gasteiger partial charge in [-0.3, -0.25) is 0 Å². The van der Waals surface area contributed by atoms with Gasteiger partial charge in [0.15, 0.2) is 11.5 Å². The first-order valence-corrected chi connectivity index (χ1v) is 6.27. The second kappa shape index (κ2) is 6.96. The van der Waals surface area contributed by atoms with E-state index in [-0.39, 0.29) is 11.5 Å². The molecule has 0 spiro atoms. The molecule has 4 nitrogen and oxygen atoms in total. The normalized spacial score (nSPS) is 11.0. The maximum atomic E-state index is 11.5. The van der Waals surface area contributed by atoms with Gasteiger partial charge in [-0.05, 0) is 35.4 Å². The van der Waals surface area contributed by atoms with Gasteiger partial charge < -0.3 is 14.9 Å². The van der Waals surface area contributed by atoms with E-state index in [4.69, 9.17) is 4.74 Å². The van der Waals surface area contributed by atoms with Gasteiger partial charge in [0.25, 0.3) is 0 Å². The maximum absolute atomic E-state index is 11.5. The van der Waals surface area contributed by atoms with Crippen LogP contribution in [0.2, 0.25) is 0 Å². The van der Waals surface area contributed by atoms with E-state index in [1.807, 2.05) is 30.3 Å². The quantitative estimate of drug-likeness (QED) is 0.391. The molecule has 2 aromatic rings. The lowest BCUT2D eigenvalue weighted by Gasteiger charge is -1.98. The Kier molecular flexibility index (Phi) is 4.77. The molecule has 2 N–H and O–H groups in total. The van der Waals surface area contributed by atoms with Crippen LogP contribution in [-0.2, 0) is 9.53 Å². The Morgan fingerprint density at radius 2 is 1.67 bits per heavy atom. The van der Waals surface area contributed by atoms with Crippen LogP contribution in [0, 0.1) is 0 Å². The number of aromatic hydroxyl groups is 2. The lowest BCUT2D eigenvalue weighted by molar-refractivity contribution is -0.132. The first-order valence-electron chi connectivity index (χ1n) is 6.27. The Labute approximate surface area is 122 Å². The first kappa shape index (κ1) is 14.4. The van der Waals surface area contributed by atoms with Crippen molar-refractivity contribution in [1.82, 2.24) is 0 Å². The molecule has 2 aromatic carbocycles. The van der Waals surface area contributed by atoms with Crippen LogP contribution in [0.3, 0.4) is 0 Å². The van der Waals surface area contributed by atoms with Crippen LogP contribution in [0.15, 0.2) is 60.9 Å². The van der Waals surface area contributed by atoms with Crippen LogP contribution in [0.5, 0.6) is 11.5 Å². The van der Waals surface area contributed by atoms with E-state index in [0.29, 0.717) is 5.56 Å². The average Bonchev–Trinajstić information content (AvgIpc) is 2.49. The van der Waals surface area contributed by atoms with E-state index in [2.05, 4.69) is 0 Å². The second-order valence-electron chi connectivity index (χ2n) is 4.23. The summed E-state index contributed by atoms with van der Waals surface area (Å²) in [6.45, 7) is 0. The molecule has 21 heavy (non-hydrogen) atoms. The third-order valence-electron chi connectivity index (χ3n) is 2.66. The van der Waals surface area contributed by atoms with E-state index in [1.54, 1.807) is 12.1 Å². The van der Waals surface area contributed by atoms with Crippen molar-refractivity contribution in [2.24, 2.45) is 0 Å². The summed E-state index contributed by atoms with van der Waals surface area (Å²) in [5, 5.41) is 18.5. The summed E-state index contributed by atoms with van der Waals surface area (Å²) >= 11 is 0. The van der Waals surface area contributed by atoms with Crippen molar-refractivity contribution in [3.05, 3.63) is 72.0 Å². The van der Waals surface area contributed by atoms with E-state index in [0.717, 1.165) is 5.56 Å². The third-order valence-corrected chi connectivity index (χ3v) is 2.66. The highest BCUT2D eigenvalue weighted by Gasteiger charge is 1.99. The van der Waals surface area contributed by atoms with Crippen LogP contribution in [-0.4, -0.2) is 16.2 Å². The molecule has 0 bridgehead atoms. The van der Waals surface area contributed by atoms with Gasteiger partial charge in [0.1, 0.15) is 0 Å². The fourth-order valence-corrected chi connectivity index (χ4v) is 1.59. The molecule has 0 aliphatic heterocycles. The highest BCUT2D eigenvalue weighted by atomic mass is 16.5. The molecular formula is C17H14O4. The molecule has 0 heterocycles. The standard InChI is InChI=1S/C17H14O4/c18-15-8-6-14(12-16(15)19)7-9-17(20)21-11-10-13-4-2-1-3-5-13/h1-12,18-19H. The summed E-state index contributed by atoms with van der Waals surface area (Å²) in [6.07, 6.45) is 5.72. The number of benzene rings is 2. The zero-order valence-corrected chi connectivity index (χ0v) is 11.1.